The van der Waals surface area contributed by atoms with Crippen LogP contribution >= 0.6 is 0 Å². The Balaban J connectivity index is 1.94. The van der Waals surface area contributed by atoms with Gasteiger partial charge in [-0.2, -0.15) is 0 Å². The van der Waals surface area contributed by atoms with Crippen LogP contribution in [0.3, 0.4) is 0 Å². The molecule has 0 bridgehead atoms. The van der Waals surface area contributed by atoms with Crippen LogP contribution in [-0.4, -0.2) is 19.8 Å². The summed E-state index contributed by atoms with van der Waals surface area (Å²) in [6.07, 6.45) is 1.90. The predicted molar refractivity (Wildman–Crippen MR) is 105 cm³/mol. The first kappa shape index (κ1) is 19.3. The summed E-state index contributed by atoms with van der Waals surface area (Å²) in [4.78, 5) is 0. The van der Waals surface area contributed by atoms with Crippen molar-refractivity contribution < 1.29 is 9.47 Å². The minimum absolute atomic E-state index is 0.0535. The molecule has 3 heteroatoms. The third kappa shape index (κ3) is 5.79. The molecular weight excluding hydrogens is 310 g/mol. The summed E-state index contributed by atoms with van der Waals surface area (Å²) in [5.41, 5.74) is 9.44. The van der Waals surface area contributed by atoms with Crippen LogP contribution in [0.5, 0.6) is 11.5 Å². The van der Waals surface area contributed by atoms with E-state index < -0.39 is 0 Å². The average molecular weight is 341 g/mol. The predicted octanol–water partition coefficient (Wildman–Crippen LogP) is 4.51. The minimum atomic E-state index is 0.0535. The van der Waals surface area contributed by atoms with Crippen LogP contribution in [0.4, 0.5) is 0 Å². The monoisotopic (exact) mass is 341 g/mol. The number of rotatable bonds is 8. The Kier molecular flexibility index (Phi) is 6.89. The number of hydrogen-bond donors (Lipinski definition) is 1. The van der Waals surface area contributed by atoms with Crippen molar-refractivity contribution in [3.05, 3.63) is 59.2 Å². The molecule has 0 radical (unpaired) electrons. The lowest BCUT2D eigenvalue weighted by atomic mass is 9.85. The van der Waals surface area contributed by atoms with E-state index >= 15 is 0 Å². The molecule has 0 saturated heterocycles. The van der Waals surface area contributed by atoms with E-state index in [1.807, 2.05) is 18.2 Å². The average Bonchev–Trinajstić information content (AvgIpc) is 2.58. The van der Waals surface area contributed by atoms with Crippen molar-refractivity contribution in [3.8, 4) is 11.5 Å². The van der Waals surface area contributed by atoms with Gasteiger partial charge in [-0.25, -0.2) is 0 Å². The van der Waals surface area contributed by atoms with Crippen LogP contribution in [-0.2, 0) is 18.3 Å². The summed E-state index contributed by atoms with van der Waals surface area (Å²) in [5, 5.41) is 0. The molecule has 0 saturated carbocycles. The maximum atomic E-state index is 6.02. The Bertz CT molecular complexity index is 674. The highest BCUT2D eigenvalue weighted by atomic mass is 16.5. The molecule has 0 unspecified atom stereocenters. The SMILES string of the molecule is CCc1ccc(OCCOc2cccc(CCN)c2)c(C(C)(C)C)c1. The number of aryl methyl sites for hydroxylation is 1. The zero-order valence-corrected chi connectivity index (χ0v) is 16.0. The minimum Gasteiger partial charge on any atom is -0.490 e. The molecule has 0 fully saturated rings. The largest absolute Gasteiger partial charge is 0.490 e. The van der Waals surface area contributed by atoms with Crippen molar-refractivity contribution in [1.29, 1.82) is 0 Å². The van der Waals surface area contributed by atoms with E-state index in [-0.39, 0.29) is 5.41 Å². The van der Waals surface area contributed by atoms with Gasteiger partial charge in [0.05, 0.1) is 0 Å². The van der Waals surface area contributed by atoms with Crippen LogP contribution in [0.1, 0.15) is 44.4 Å². The van der Waals surface area contributed by atoms with Gasteiger partial charge in [0.25, 0.3) is 0 Å². The highest BCUT2D eigenvalue weighted by Gasteiger charge is 2.19. The van der Waals surface area contributed by atoms with Gasteiger partial charge in [-0.3, -0.25) is 0 Å². The molecule has 0 amide bonds. The molecule has 2 N–H and O–H groups in total. The standard InChI is InChI=1S/C22H31NO2/c1-5-17-9-10-21(20(16-17)22(2,3)4)25-14-13-24-19-8-6-7-18(15-19)11-12-23/h6-10,15-16H,5,11-14,23H2,1-4H3. The molecule has 2 rings (SSSR count). The van der Waals surface area contributed by atoms with Gasteiger partial charge in [0, 0.05) is 0 Å². The number of hydrogen-bond acceptors (Lipinski definition) is 3. The van der Waals surface area contributed by atoms with Crippen LogP contribution in [0.15, 0.2) is 42.5 Å². The quantitative estimate of drug-likeness (QED) is 0.719. The number of benzene rings is 2. The first-order chi connectivity index (χ1) is 11.9. The molecule has 25 heavy (non-hydrogen) atoms. The van der Waals surface area contributed by atoms with Crippen molar-refractivity contribution >= 4 is 0 Å². The van der Waals surface area contributed by atoms with Gasteiger partial charge < -0.3 is 15.2 Å². The molecule has 0 aliphatic heterocycles. The van der Waals surface area contributed by atoms with E-state index in [0.717, 1.165) is 24.3 Å². The first-order valence-corrected chi connectivity index (χ1v) is 9.12. The van der Waals surface area contributed by atoms with Crippen molar-refractivity contribution in [2.24, 2.45) is 5.73 Å². The molecule has 0 aliphatic carbocycles. The van der Waals surface area contributed by atoms with Crippen molar-refractivity contribution in [2.45, 2.75) is 46.0 Å². The normalized spacial score (nSPS) is 11.4. The highest BCUT2D eigenvalue weighted by molar-refractivity contribution is 5.41. The van der Waals surface area contributed by atoms with E-state index in [0.29, 0.717) is 19.8 Å². The van der Waals surface area contributed by atoms with Gasteiger partial charge in [0.15, 0.2) is 0 Å². The first-order valence-electron chi connectivity index (χ1n) is 9.12. The summed E-state index contributed by atoms with van der Waals surface area (Å²) in [6, 6.07) is 14.6. The molecule has 2 aromatic rings. The van der Waals surface area contributed by atoms with E-state index in [2.05, 4.69) is 52.0 Å². The van der Waals surface area contributed by atoms with Crippen molar-refractivity contribution in [1.82, 2.24) is 0 Å². The van der Waals surface area contributed by atoms with Gasteiger partial charge >= 0.3 is 0 Å². The van der Waals surface area contributed by atoms with E-state index in [9.17, 15) is 0 Å². The van der Waals surface area contributed by atoms with Crippen LogP contribution in [0, 0.1) is 0 Å². The smallest absolute Gasteiger partial charge is 0.123 e. The van der Waals surface area contributed by atoms with E-state index in [4.69, 9.17) is 15.2 Å². The number of ether oxygens (including phenoxy) is 2. The maximum Gasteiger partial charge on any atom is 0.123 e. The second-order valence-corrected chi connectivity index (χ2v) is 7.32. The fraction of sp³-hybridized carbons (Fsp3) is 0.455. The number of nitrogens with two attached hydrogens (primary N) is 1. The summed E-state index contributed by atoms with van der Waals surface area (Å²) in [6.45, 7) is 10.5. The second-order valence-electron chi connectivity index (χ2n) is 7.32. The van der Waals surface area contributed by atoms with E-state index in [1.54, 1.807) is 0 Å². The fourth-order valence-electron chi connectivity index (χ4n) is 2.78. The van der Waals surface area contributed by atoms with Crippen molar-refractivity contribution in [3.63, 3.8) is 0 Å². The molecular formula is C22H31NO2. The van der Waals surface area contributed by atoms with Crippen molar-refractivity contribution in [2.75, 3.05) is 19.8 Å². The molecule has 0 atom stereocenters. The molecule has 3 nitrogen and oxygen atoms in total. The third-order valence-corrected chi connectivity index (χ3v) is 4.20. The van der Waals surface area contributed by atoms with Gasteiger partial charge in [-0.15, -0.1) is 0 Å². The highest BCUT2D eigenvalue weighted by Crippen LogP contribution is 2.32. The van der Waals surface area contributed by atoms with Gasteiger partial charge in [0.1, 0.15) is 24.7 Å². The molecule has 2 aromatic carbocycles. The summed E-state index contributed by atoms with van der Waals surface area (Å²) in [5.74, 6) is 1.82. The second kappa shape index (κ2) is 8.91. The molecule has 0 spiro atoms. The zero-order chi connectivity index (χ0) is 18.3. The summed E-state index contributed by atoms with van der Waals surface area (Å²) >= 11 is 0. The molecule has 0 aromatic heterocycles. The topological polar surface area (TPSA) is 44.5 Å². The van der Waals surface area contributed by atoms with Crippen LogP contribution in [0.2, 0.25) is 0 Å². The lowest BCUT2D eigenvalue weighted by Crippen LogP contribution is -2.16. The Hall–Kier alpha value is -2.00. The maximum absolute atomic E-state index is 6.02. The Morgan fingerprint density at radius 3 is 2.36 bits per heavy atom. The Morgan fingerprint density at radius 2 is 1.68 bits per heavy atom. The lowest BCUT2D eigenvalue weighted by molar-refractivity contribution is 0.214. The molecule has 0 heterocycles. The Labute approximate surface area is 152 Å². The van der Waals surface area contributed by atoms with Gasteiger partial charge in [-0.05, 0) is 59.7 Å². The van der Waals surface area contributed by atoms with Gasteiger partial charge in [-0.1, -0.05) is 52.0 Å². The van der Waals surface area contributed by atoms with E-state index in [1.165, 1.54) is 16.7 Å². The van der Waals surface area contributed by atoms with Crippen LogP contribution in [0.25, 0.3) is 0 Å². The third-order valence-electron chi connectivity index (χ3n) is 4.20. The Morgan fingerprint density at radius 1 is 0.920 bits per heavy atom. The van der Waals surface area contributed by atoms with Crippen LogP contribution < -0.4 is 15.2 Å². The molecule has 0 aliphatic rings. The summed E-state index contributed by atoms with van der Waals surface area (Å²) < 4.78 is 11.8. The van der Waals surface area contributed by atoms with Gasteiger partial charge in [0.2, 0.25) is 0 Å². The fourth-order valence-corrected chi connectivity index (χ4v) is 2.78. The lowest BCUT2D eigenvalue weighted by Gasteiger charge is -2.23. The summed E-state index contributed by atoms with van der Waals surface area (Å²) in [7, 11) is 0. The molecule has 136 valence electrons. The zero-order valence-electron chi connectivity index (χ0n) is 16.0.